The first-order chi connectivity index (χ1) is 37.5. The van der Waals surface area contributed by atoms with Crippen molar-refractivity contribution in [3.63, 3.8) is 0 Å². The van der Waals surface area contributed by atoms with Crippen LogP contribution in [0.5, 0.6) is 0 Å². The van der Waals surface area contributed by atoms with Gasteiger partial charge < -0.3 is 15.5 Å². The van der Waals surface area contributed by atoms with Gasteiger partial charge in [0, 0.05) is 83.7 Å². The number of amides is 1. The highest BCUT2D eigenvalue weighted by molar-refractivity contribution is 7.86. The van der Waals surface area contributed by atoms with E-state index in [0.717, 1.165) is 88.8 Å². The minimum absolute atomic E-state index is 0.114. The summed E-state index contributed by atoms with van der Waals surface area (Å²) in [5, 5.41) is 11.2. The molecule has 14 heteroatoms. The van der Waals surface area contributed by atoms with Crippen molar-refractivity contribution in [3.8, 4) is 11.8 Å². The molecule has 2 aliphatic rings. The van der Waals surface area contributed by atoms with Crippen LogP contribution in [0.3, 0.4) is 0 Å². The quantitative estimate of drug-likeness (QED) is 0.00794. The Balaban J connectivity index is 1.33. The number of nitrogens with zero attached hydrogens (tertiary/aromatic N) is 2. The maximum Gasteiger partial charge on any atom is 0.265 e. The number of ketones is 1. The Bertz CT molecular complexity index is 3590. The Morgan fingerprint density at radius 3 is 2.06 bits per heavy atom. The normalized spacial score (nSPS) is 15.4. The van der Waals surface area contributed by atoms with Crippen molar-refractivity contribution in [2.75, 3.05) is 42.6 Å². The summed E-state index contributed by atoms with van der Waals surface area (Å²) in [5.41, 5.74) is 10.0. The summed E-state index contributed by atoms with van der Waals surface area (Å²) in [6.45, 7) is 22.1. The number of allylic oxidation sites excluding steroid dienone is 7. The number of nitrogens with one attached hydrogen (secondary N) is 2. The van der Waals surface area contributed by atoms with Gasteiger partial charge in [-0.25, -0.2) is 0 Å². The van der Waals surface area contributed by atoms with E-state index in [1.165, 1.54) is 21.9 Å². The van der Waals surface area contributed by atoms with Crippen molar-refractivity contribution in [2.24, 2.45) is 0 Å². The highest BCUT2D eigenvalue weighted by Gasteiger charge is 2.44. The van der Waals surface area contributed by atoms with E-state index in [9.17, 15) is 35.5 Å². The number of hydrogen-bond acceptors (Lipinski definition) is 8. The maximum absolute atomic E-state index is 12.3. The molecule has 7 rings (SSSR count). The highest BCUT2D eigenvalue weighted by atomic mass is 32.2. The molecule has 12 nitrogen and oxygen atoms in total. The van der Waals surface area contributed by atoms with Crippen LogP contribution in [0.25, 0.3) is 21.5 Å². The summed E-state index contributed by atoms with van der Waals surface area (Å²) in [6.07, 6.45) is 14.3. The molecule has 0 aliphatic carbocycles. The zero-order valence-corrected chi connectivity index (χ0v) is 48.4. The van der Waals surface area contributed by atoms with Crippen molar-refractivity contribution in [2.45, 2.75) is 117 Å². The molecule has 0 radical (unpaired) electrons. The minimum Gasteiger partial charge on any atom is -0.352 e. The second-order valence-electron chi connectivity index (χ2n) is 22.0. The molecule has 0 saturated heterocycles. The van der Waals surface area contributed by atoms with Gasteiger partial charge in [-0.15, -0.1) is 0 Å². The number of carbonyl (C=O) groups is 2. The number of rotatable bonds is 26. The summed E-state index contributed by atoms with van der Waals surface area (Å²) >= 11 is 0. The zero-order valence-electron chi connectivity index (χ0n) is 46.8. The Hall–Kier alpha value is -6.73. The Morgan fingerprint density at radius 2 is 1.35 bits per heavy atom. The van der Waals surface area contributed by atoms with Gasteiger partial charge in [0.25, 0.3) is 20.2 Å². The van der Waals surface area contributed by atoms with Crippen LogP contribution in [-0.4, -0.2) is 85.6 Å². The first kappa shape index (κ1) is 59.9. The third kappa shape index (κ3) is 15.1. The van der Waals surface area contributed by atoms with Crippen LogP contribution in [-0.2, 0) is 53.6 Å². The predicted molar refractivity (Wildman–Crippen MR) is 323 cm³/mol. The monoisotopic (exact) mass is 1110 g/mol. The van der Waals surface area contributed by atoms with Gasteiger partial charge in [-0.3, -0.25) is 18.7 Å². The number of anilines is 1. The van der Waals surface area contributed by atoms with Gasteiger partial charge in [0.05, 0.1) is 16.9 Å². The van der Waals surface area contributed by atoms with Crippen LogP contribution in [0.1, 0.15) is 121 Å². The molecule has 0 spiro atoms. The lowest BCUT2D eigenvalue weighted by Gasteiger charge is -2.27. The van der Waals surface area contributed by atoms with Crippen LogP contribution in [0.4, 0.5) is 11.4 Å². The Kier molecular flexibility index (Phi) is 19.7. The van der Waals surface area contributed by atoms with Gasteiger partial charge in [-0.1, -0.05) is 118 Å². The number of unbranched alkanes of at least 4 members (excludes halogenated alkanes) is 3. The van der Waals surface area contributed by atoms with Crippen molar-refractivity contribution < 1.29 is 40.1 Å². The Labute approximate surface area is 468 Å². The minimum atomic E-state index is -4.18. The fraction of sp³-hybridized carbons (Fsp3) is 0.369. The Morgan fingerprint density at radius 1 is 0.709 bits per heavy atom. The van der Waals surface area contributed by atoms with E-state index in [0.29, 0.717) is 55.9 Å². The average molecular weight is 1110 g/mol. The van der Waals surface area contributed by atoms with Gasteiger partial charge in [0.15, 0.2) is 11.5 Å². The first-order valence-corrected chi connectivity index (χ1v) is 30.6. The fourth-order valence-corrected chi connectivity index (χ4v) is 12.0. The number of aryl methyl sites for hydroxylation is 1. The number of hydrogen-bond donors (Lipinski definition) is 4. The SMILES string of the molecule is C=C(C)C(=O)CCCCCCc1c2ccccc2c(CNCCCNC(=O)C(=C)C)c2ccc(C#CC(C=CC3=[N+](CCCS(=O)(=O)O)c4ccccc4C3(C)C)=CC=C3N(CCCS(=O)(=O)O)c4ccccc4C3(C)C)cc12. The molecule has 4 N–H and O–H groups in total. The molecule has 5 aromatic rings. The standard InChI is InChI=1S/C65H76N4O8S2/c1-46(2)60(70)29-12-10-9-11-22-51-50-23-13-14-24-52(50)55(45-66-38-19-39-67-63(71)47(3)4)53-35-32-49(44-54(51)53)31-30-48(33-36-61-64(5,6)56-25-15-17-27-58(56)68(61)40-20-42-78(72,73)74)34-37-62-65(7,8)57-26-16-18-28-59(57)69(62)41-21-43-79(75,76)77/h13-18,23-28,32-37,44,66H,1,3,9-12,19-22,29,38-43,45H2,2,4-8H3,(H2-,67,71,72,73,74,75,76,77)/p+1. The van der Waals surface area contributed by atoms with Crippen molar-refractivity contribution in [1.29, 1.82) is 0 Å². The summed E-state index contributed by atoms with van der Waals surface area (Å²) in [7, 11) is -8.36. The second-order valence-corrected chi connectivity index (χ2v) is 25.1. The van der Waals surface area contributed by atoms with Gasteiger partial charge in [0.2, 0.25) is 11.6 Å². The van der Waals surface area contributed by atoms with Crippen LogP contribution in [0.2, 0.25) is 0 Å². The van der Waals surface area contributed by atoms with Crippen molar-refractivity contribution in [1.82, 2.24) is 10.6 Å². The van der Waals surface area contributed by atoms with E-state index in [1.54, 1.807) is 13.8 Å². The molecular weight excluding hydrogens is 1030 g/mol. The van der Waals surface area contributed by atoms with Gasteiger partial charge in [-0.2, -0.15) is 21.4 Å². The molecule has 0 atom stereocenters. The topological polar surface area (TPSA) is 173 Å². The molecule has 0 aromatic heterocycles. The molecule has 5 aromatic carbocycles. The molecule has 0 unspecified atom stereocenters. The number of Topliss-reactive ketones (excluding diaryl/α,β-unsaturated/α-hetero) is 1. The average Bonchev–Trinajstić information content (AvgIpc) is 3.75. The van der Waals surface area contributed by atoms with Crippen LogP contribution >= 0.6 is 0 Å². The summed E-state index contributed by atoms with van der Waals surface area (Å²) in [5.74, 6) is 6.32. The smallest absolute Gasteiger partial charge is 0.265 e. The molecular formula is C65H77N4O8S2+. The van der Waals surface area contributed by atoms with E-state index in [2.05, 4.69) is 140 Å². The second kappa shape index (κ2) is 26.0. The van der Waals surface area contributed by atoms with Crippen molar-refractivity contribution >= 4 is 70.6 Å². The lowest BCUT2D eigenvalue weighted by atomic mass is 9.81. The van der Waals surface area contributed by atoms with Gasteiger partial charge >= 0.3 is 0 Å². The fourth-order valence-electron chi connectivity index (χ4n) is 11.0. The van der Waals surface area contributed by atoms with E-state index in [1.807, 2.05) is 48.6 Å². The van der Waals surface area contributed by atoms with E-state index < -0.39 is 31.1 Å². The highest BCUT2D eigenvalue weighted by Crippen LogP contribution is 2.48. The molecule has 2 heterocycles. The van der Waals surface area contributed by atoms with E-state index in [-0.39, 0.29) is 36.0 Å². The summed E-state index contributed by atoms with van der Waals surface area (Å²) < 4.78 is 69.1. The number of fused-ring (bicyclic) bond motifs is 4. The third-order valence-corrected chi connectivity index (χ3v) is 16.8. The maximum atomic E-state index is 12.3. The predicted octanol–water partition coefficient (Wildman–Crippen LogP) is 12.0. The largest absolute Gasteiger partial charge is 0.352 e. The lowest BCUT2D eigenvalue weighted by molar-refractivity contribution is -0.437. The molecule has 2 aliphatic heterocycles. The van der Waals surface area contributed by atoms with Crippen LogP contribution < -0.4 is 15.5 Å². The molecule has 79 heavy (non-hydrogen) atoms. The number of para-hydroxylation sites is 2. The first-order valence-electron chi connectivity index (χ1n) is 27.4. The number of benzene rings is 5. The third-order valence-electron chi connectivity index (χ3n) is 15.2. The molecule has 416 valence electrons. The summed E-state index contributed by atoms with van der Waals surface area (Å²) in [6, 6.07) is 31.1. The molecule has 0 fully saturated rings. The van der Waals surface area contributed by atoms with Crippen LogP contribution in [0.15, 0.2) is 151 Å². The number of carbonyl (C=O) groups excluding carboxylic acids is 2. The van der Waals surface area contributed by atoms with Gasteiger partial charge in [-0.05, 0) is 147 Å². The van der Waals surface area contributed by atoms with E-state index in [4.69, 9.17) is 0 Å². The lowest BCUT2D eigenvalue weighted by Crippen LogP contribution is -2.28. The molecule has 0 bridgehead atoms. The van der Waals surface area contributed by atoms with Crippen molar-refractivity contribution in [3.05, 3.63) is 179 Å². The molecule has 1 amide bonds. The molecule has 0 saturated carbocycles. The van der Waals surface area contributed by atoms with Gasteiger partial charge in [0.1, 0.15) is 6.54 Å². The van der Waals surface area contributed by atoms with E-state index >= 15 is 0 Å². The summed E-state index contributed by atoms with van der Waals surface area (Å²) in [4.78, 5) is 26.6. The van der Waals surface area contributed by atoms with Crippen LogP contribution in [0, 0.1) is 11.8 Å². The zero-order chi connectivity index (χ0) is 57.1.